The smallest absolute Gasteiger partial charge is 0.407 e. The number of likely N-dealkylation sites (tertiary alicyclic amines) is 1. The summed E-state index contributed by atoms with van der Waals surface area (Å²) in [5.41, 5.74) is 1.02. The first-order valence-corrected chi connectivity index (χ1v) is 20.0. The molecule has 0 aromatic heterocycles. The highest BCUT2D eigenvalue weighted by molar-refractivity contribution is 7.92. The van der Waals surface area contributed by atoms with Crippen molar-refractivity contribution in [2.75, 3.05) is 75.3 Å². The standard InChI is InChI=1S/C34H52N6O7S2/c1-25(2)14-15-37-16-18-39(19-17-37)49(46,47)29-11-9-28(10-12-29)35-32(41)30-20-26(8-13-31(30)36(6)48(7,44)45)21-38-22-27(23-38)24-40(33(42)43)34(3,4)5/h8-13,20,25,27H,14-19,21-24H2,1-7H3,(H,35,41)(H,42,43). The van der Waals surface area contributed by atoms with Crippen LogP contribution < -0.4 is 9.62 Å². The molecule has 0 atom stereocenters. The summed E-state index contributed by atoms with van der Waals surface area (Å²) in [6.45, 7) is 15.4. The zero-order valence-corrected chi connectivity index (χ0v) is 31.3. The lowest BCUT2D eigenvalue weighted by Gasteiger charge is -2.44. The Morgan fingerprint density at radius 3 is 2.10 bits per heavy atom. The maximum atomic E-state index is 13.6. The third kappa shape index (κ3) is 9.94. The molecule has 0 radical (unpaired) electrons. The van der Waals surface area contributed by atoms with Gasteiger partial charge in [0, 0.05) is 76.5 Å². The predicted octanol–water partition coefficient (Wildman–Crippen LogP) is 3.90. The van der Waals surface area contributed by atoms with E-state index in [1.807, 2.05) is 20.8 Å². The van der Waals surface area contributed by atoms with Gasteiger partial charge in [0.05, 0.1) is 22.4 Å². The van der Waals surface area contributed by atoms with Crippen LogP contribution in [0.15, 0.2) is 47.4 Å². The highest BCUT2D eigenvalue weighted by Gasteiger charge is 2.34. The summed E-state index contributed by atoms with van der Waals surface area (Å²) >= 11 is 0. The molecule has 0 saturated carbocycles. The van der Waals surface area contributed by atoms with Gasteiger partial charge in [0.1, 0.15) is 0 Å². The van der Waals surface area contributed by atoms with Crippen molar-refractivity contribution in [3.63, 3.8) is 0 Å². The van der Waals surface area contributed by atoms with E-state index in [0.717, 1.165) is 29.1 Å². The molecule has 2 N–H and O–H groups in total. The monoisotopic (exact) mass is 720 g/mol. The molecular formula is C34H52N6O7S2. The summed E-state index contributed by atoms with van der Waals surface area (Å²) in [6.07, 6.45) is 1.18. The van der Waals surface area contributed by atoms with E-state index in [-0.39, 0.29) is 22.1 Å². The third-order valence-electron chi connectivity index (χ3n) is 9.17. The summed E-state index contributed by atoms with van der Waals surface area (Å²) in [6, 6.07) is 11.1. The summed E-state index contributed by atoms with van der Waals surface area (Å²) < 4.78 is 54.1. The molecule has 0 bridgehead atoms. The number of nitrogens with one attached hydrogen (secondary N) is 1. The van der Waals surface area contributed by atoms with Gasteiger partial charge >= 0.3 is 6.09 Å². The topological polar surface area (TPSA) is 151 Å². The summed E-state index contributed by atoms with van der Waals surface area (Å²) in [7, 11) is -6.00. The Balaban J connectivity index is 1.44. The van der Waals surface area contributed by atoms with Gasteiger partial charge in [0.25, 0.3) is 5.91 Å². The Morgan fingerprint density at radius 1 is 0.959 bits per heavy atom. The molecule has 0 spiro atoms. The number of amides is 2. The van der Waals surface area contributed by atoms with Crippen LogP contribution in [0.5, 0.6) is 0 Å². The zero-order valence-electron chi connectivity index (χ0n) is 29.7. The number of rotatable bonds is 13. The molecule has 2 amide bonds. The van der Waals surface area contributed by atoms with Crippen LogP contribution in [0.4, 0.5) is 16.2 Å². The average molecular weight is 721 g/mol. The predicted molar refractivity (Wildman–Crippen MR) is 192 cm³/mol. The molecule has 15 heteroatoms. The van der Waals surface area contributed by atoms with E-state index in [4.69, 9.17) is 0 Å². The first-order valence-electron chi connectivity index (χ1n) is 16.7. The van der Waals surface area contributed by atoms with Crippen molar-refractivity contribution < 1.29 is 31.5 Å². The van der Waals surface area contributed by atoms with Crippen LogP contribution in [0.2, 0.25) is 0 Å². The van der Waals surface area contributed by atoms with E-state index >= 15 is 0 Å². The Morgan fingerprint density at radius 2 is 1.57 bits per heavy atom. The van der Waals surface area contributed by atoms with Gasteiger partial charge in [-0.25, -0.2) is 21.6 Å². The lowest BCUT2D eigenvalue weighted by molar-refractivity contribution is 0.0330. The molecular weight excluding hydrogens is 669 g/mol. The van der Waals surface area contributed by atoms with Gasteiger partial charge in [-0.2, -0.15) is 4.31 Å². The minimum Gasteiger partial charge on any atom is -0.465 e. The molecule has 2 fully saturated rings. The van der Waals surface area contributed by atoms with Crippen LogP contribution in [-0.2, 0) is 26.6 Å². The Labute approximate surface area is 291 Å². The molecule has 2 aromatic rings. The molecule has 272 valence electrons. The normalized spacial score (nSPS) is 17.1. The average Bonchev–Trinajstić information content (AvgIpc) is 2.99. The van der Waals surface area contributed by atoms with Crippen molar-refractivity contribution >= 4 is 43.4 Å². The van der Waals surface area contributed by atoms with E-state index in [0.29, 0.717) is 64.0 Å². The zero-order chi connectivity index (χ0) is 36.3. The molecule has 2 aliphatic rings. The van der Waals surface area contributed by atoms with E-state index in [2.05, 4.69) is 29.0 Å². The van der Waals surface area contributed by atoms with Crippen LogP contribution in [0.25, 0.3) is 0 Å². The summed E-state index contributed by atoms with van der Waals surface area (Å²) in [5.74, 6) is 0.234. The second kappa shape index (κ2) is 15.3. The van der Waals surface area contributed by atoms with E-state index in [9.17, 15) is 31.5 Å². The SMILES string of the molecule is CC(C)CCN1CCN(S(=O)(=O)c2ccc(NC(=O)c3cc(CN4CC(CN(C(=O)O)C(C)(C)C)C4)ccc3N(C)S(C)(=O)=O)cc2)CC1. The van der Waals surface area contributed by atoms with Gasteiger partial charge < -0.3 is 20.2 Å². The van der Waals surface area contributed by atoms with Crippen LogP contribution in [0, 0.1) is 11.8 Å². The quantitative estimate of drug-likeness (QED) is 0.314. The fourth-order valence-corrected chi connectivity index (χ4v) is 8.02. The Bertz CT molecular complexity index is 1690. The van der Waals surface area contributed by atoms with Crippen molar-refractivity contribution in [2.45, 2.75) is 58.0 Å². The third-order valence-corrected chi connectivity index (χ3v) is 12.3. The van der Waals surface area contributed by atoms with Crippen molar-refractivity contribution in [3.05, 3.63) is 53.6 Å². The van der Waals surface area contributed by atoms with Gasteiger partial charge in [-0.1, -0.05) is 19.9 Å². The molecule has 2 aliphatic heterocycles. The summed E-state index contributed by atoms with van der Waals surface area (Å²) in [4.78, 5) is 31.4. The number of nitrogens with zero attached hydrogens (tertiary/aromatic N) is 5. The first kappa shape index (κ1) is 38.6. The molecule has 0 unspecified atom stereocenters. The van der Waals surface area contributed by atoms with E-state index in [1.165, 1.54) is 40.5 Å². The molecule has 2 aromatic carbocycles. The van der Waals surface area contributed by atoms with E-state index in [1.54, 1.807) is 18.2 Å². The number of carbonyl (C=O) groups is 2. The highest BCUT2D eigenvalue weighted by Crippen LogP contribution is 2.28. The second-order valence-corrected chi connectivity index (χ2v) is 18.6. The minimum atomic E-state index is -3.70. The molecule has 49 heavy (non-hydrogen) atoms. The van der Waals surface area contributed by atoms with Gasteiger partial charge in [-0.3, -0.25) is 14.0 Å². The van der Waals surface area contributed by atoms with Crippen LogP contribution >= 0.6 is 0 Å². The largest absolute Gasteiger partial charge is 0.465 e. The highest BCUT2D eigenvalue weighted by atomic mass is 32.2. The van der Waals surface area contributed by atoms with Gasteiger partial charge in [-0.05, 0) is 81.6 Å². The number of carbonyl (C=O) groups excluding carboxylic acids is 1. The van der Waals surface area contributed by atoms with Gasteiger partial charge in [0.15, 0.2) is 0 Å². The Kier molecular flexibility index (Phi) is 12.1. The fourth-order valence-electron chi connectivity index (χ4n) is 6.09. The van der Waals surface area contributed by atoms with Crippen LogP contribution in [0.3, 0.4) is 0 Å². The molecule has 2 saturated heterocycles. The van der Waals surface area contributed by atoms with Crippen molar-refractivity contribution in [3.8, 4) is 0 Å². The maximum absolute atomic E-state index is 13.6. The minimum absolute atomic E-state index is 0.141. The number of anilines is 2. The number of sulfonamides is 2. The maximum Gasteiger partial charge on any atom is 0.407 e. The van der Waals surface area contributed by atoms with Gasteiger partial charge in [0.2, 0.25) is 20.0 Å². The van der Waals surface area contributed by atoms with Crippen LogP contribution in [0.1, 0.15) is 57.0 Å². The molecule has 0 aliphatic carbocycles. The number of hydrogen-bond donors (Lipinski definition) is 2. The number of benzene rings is 2. The van der Waals surface area contributed by atoms with E-state index < -0.39 is 37.6 Å². The lowest BCUT2D eigenvalue weighted by Crippen LogP contribution is -2.55. The van der Waals surface area contributed by atoms with Crippen molar-refractivity contribution in [1.29, 1.82) is 0 Å². The number of piperazine rings is 1. The first-order chi connectivity index (χ1) is 22.8. The lowest BCUT2D eigenvalue weighted by atomic mass is 9.95. The van der Waals surface area contributed by atoms with Crippen molar-refractivity contribution in [1.82, 2.24) is 19.0 Å². The van der Waals surface area contributed by atoms with Gasteiger partial charge in [-0.15, -0.1) is 0 Å². The molecule has 4 rings (SSSR count). The fraction of sp³-hybridized carbons (Fsp3) is 0.588. The van der Waals surface area contributed by atoms with Crippen molar-refractivity contribution in [2.24, 2.45) is 11.8 Å². The number of hydrogen-bond acceptors (Lipinski definition) is 8. The van der Waals surface area contributed by atoms with Crippen LogP contribution in [-0.4, -0.2) is 124 Å². The molecule has 2 heterocycles. The molecule has 13 nitrogen and oxygen atoms in total. The Hall–Kier alpha value is -3.24. The second-order valence-electron chi connectivity index (χ2n) is 14.6. The summed E-state index contributed by atoms with van der Waals surface area (Å²) in [5, 5.41) is 12.4. The number of carboxylic acid groups (broad SMARTS) is 1.